The van der Waals surface area contributed by atoms with E-state index in [2.05, 4.69) is 42.6 Å². The Morgan fingerprint density at radius 3 is 2.65 bits per heavy atom. The van der Waals surface area contributed by atoms with Crippen LogP contribution in [-0.4, -0.2) is 40.5 Å². The average molecular weight is 527 g/mol. The van der Waals surface area contributed by atoms with Gasteiger partial charge in [-0.25, -0.2) is 14.8 Å². The Morgan fingerprint density at radius 1 is 1.10 bits per heavy atom. The molecule has 3 heterocycles. The van der Waals surface area contributed by atoms with Crippen LogP contribution in [-0.2, 0) is 4.74 Å². The molecule has 9 heteroatoms. The number of halogens is 1. The van der Waals surface area contributed by atoms with Gasteiger partial charge in [-0.2, -0.15) is 0 Å². The molecule has 1 N–H and O–H groups in total. The number of ether oxygens (including phenoxy) is 1. The third kappa shape index (κ3) is 4.36. The molecular weight excluding hydrogens is 509 g/mol. The Hall–Kier alpha value is -3.47. The summed E-state index contributed by atoms with van der Waals surface area (Å²) in [4.78, 5) is 34.7. The second-order valence-electron chi connectivity index (χ2n) is 6.68. The number of rotatable bonds is 4. The molecule has 0 fully saturated rings. The lowest BCUT2D eigenvalue weighted by Crippen LogP contribution is -2.26. The number of hydrogen-bond donors (Lipinski definition) is 1. The monoisotopic (exact) mass is 527 g/mol. The number of methoxy groups -OCH3 is 1. The molecule has 31 heavy (non-hydrogen) atoms. The molecule has 1 aromatic carbocycles. The minimum Gasteiger partial charge on any atom is -0.453 e. The van der Waals surface area contributed by atoms with Crippen molar-refractivity contribution in [3.8, 4) is 11.3 Å². The molecule has 2 amide bonds. The van der Waals surface area contributed by atoms with Gasteiger partial charge in [0.15, 0.2) is 0 Å². The maximum absolute atomic E-state index is 13.1. The molecule has 0 aliphatic heterocycles. The predicted molar refractivity (Wildman–Crippen MR) is 126 cm³/mol. The van der Waals surface area contributed by atoms with Crippen LogP contribution in [0, 0.1) is 3.57 Å². The SMILES string of the molecule is COC(=O)Nc1ccc(-c2cnc3ccc(C(=O)N(C)c4cccc(I)c4)cn23)cn1. The summed E-state index contributed by atoms with van der Waals surface area (Å²) in [5.41, 5.74) is 3.63. The summed E-state index contributed by atoms with van der Waals surface area (Å²) in [7, 11) is 3.04. The first-order chi connectivity index (χ1) is 15.0. The summed E-state index contributed by atoms with van der Waals surface area (Å²) >= 11 is 2.22. The Kier molecular flexibility index (Phi) is 5.85. The molecule has 0 unspecified atom stereocenters. The van der Waals surface area contributed by atoms with Gasteiger partial charge in [-0.1, -0.05) is 6.07 Å². The number of carbonyl (C=O) groups is 2. The minimum atomic E-state index is -0.588. The fourth-order valence-corrected chi connectivity index (χ4v) is 3.62. The fourth-order valence-electron chi connectivity index (χ4n) is 3.09. The van der Waals surface area contributed by atoms with Crippen molar-refractivity contribution in [2.45, 2.75) is 0 Å². The molecule has 0 atom stereocenters. The van der Waals surface area contributed by atoms with Gasteiger partial charge < -0.3 is 9.64 Å². The van der Waals surface area contributed by atoms with Gasteiger partial charge in [0, 0.05) is 34.3 Å². The highest BCUT2D eigenvalue weighted by atomic mass is 127. The van der Waals surface area contributed by atoms with Crippen LogP contribution in [0.15, 0.2) is 67.1 Å². The van der Waals surface area contributed by atoms with Gasteiger partial charge in [0.05, 0.1) is 24.6 Å². The third-order valence-corrected chi connectivity index (χ3v) is 5.40. The highest BCUT2D eigenvalue weighted by Gasteiger charge is 2.16. The summed E-state index contributed by atoms with van der Waals surface area (Å²) in [6.45, 7) is 0. The Labute approximate surface area is 192 Å². The van der Waals surface area contributed by atoms with E-state index >= 15 is 0 Å². The van der Waals surface area contributed by atoms with E-state index in [4.69, 9.17) is 0 Å². The molecule has 4 rings (SSSR count). The van der Waals surface area contributed by atoms with Crippen molar-refractivity contribution >= 4 is 51.7 Å². The number of anilines is 2. The Balaban J connectivity index is 1.65. The largest absolute Gasteiger partial charge is 0.453 e. The van der Waals surface area contributed by atoms with Crippen LogP contribution < -0.4 is 10.2 Å². The normalized spacial score (nSPS) is 10.7. The van der Waals surface area contributed by atoms with Gasteiger partial charge in [-0.3, -0.25) is 14.5 Å². The molecule has 0 saturated carbocycles. The smallest absolute Gasteiger partial charge is 0.412 e. The number of carbonyl (C=O) groups excluding carboxylic acids is 2. The van der Waals surface area contributed by atoms with Crippen molar-refractivity contribution in [2.75, 3.05) is 24.4 Å². The van der Waals surface area contributed by atoms with Crippen molar-refractivity contribution in [3.63, 3.8) is 0 Å². The number of benzene rings is 1. The number of nitrogens with zero attached hydrogens (tertiary/aromatic N) is 4. The number of hydrogen-bond acceptors (Lipinski definition) is 5. The summed E-state index contributed by atoms with van der Waals surface area (Å²) < 4.78 is 7.47. The van der Waals surface area contributed by atoms with E-state index in [-0.39, 0.29) is 5.91 Å². The van der Waals surface area contributed by atoms with E-state index in [0.29, 0.717) is 17.0 Å². The van der Waals surface area contributed by atoms with Crippen molar-refractivity contribution in [2.24, 2.45) is 0 Å². The highest BCUT2D eigenvalue weighted by molar-refractivity contribution is 14.1. The zero-order valence-electron chi connectivity index (χ0n) is 16.7. The molecule has 0 spiro atoms. The lowest BCUT2D eigenvalue weighted by molar-refractivity contribution is 0.0992. The van der Waals surface area contributed by atoms with Crippen molar-refractivity contribution in [1.82, 2.24) is 14.4 Å². The predicted octanol–water partition coefficient (Wildman–Crippen LogP) is 4.46. The number of pyridine rings is 2. The van der Waals surface area contributed by atoms with Crippen molar-refractivity contribution in [1.29, 1.82) is 0 Å². The van der Waals surface area contributed by atoms with Crippen molar-refractivity contribution < 1.29 is 14.3 Å². The van der Waals surface area contributed by atoms with Crippen molar-refractivity contribution in [3.05, 3.63) is 76.3 Å². The summed E-state index contributed by atoms with van der Waals surface area (Å²) in [6.07, 6.45) is 4.53. The summed E-state index contributed by atoms with van der Waals surface area (Å²) in [5, 5.41) is 2.51. The quantitative estimate of drug-likeness (QED) is 0.396. The minimum absolute atomic E-state index is 0.126. The van der Waals surface area contributed by atoms with Crippen LogP contribution in [0.2, 0.25) is 0 Å². The zero-order chi connectivity index (χ0) is 22.0. The third-order valence-electron chi connectivity index (χ3n) is 4.73. The molecule has 0 bridgehead atoms. The molecule has 4 aromatic rings. The van der Waals surface area contributed by atoms with E-state index in [1.165, 1.54) is 7.11 Å². The first-order valence-electron chi connectivity index (χ1n) is 9.28. The van der Waals surface area contributed by atoms with E-state index in [1.807, 2.05) is 34.7 Å². The van der Waals surface area contributed by atoms with E-state index in [0.717, 1.165) is 20.5 Å². The first-order valence-corrected chi connectivity index (χ1v) is 10.4. The maximum Gasteiger partial charge on any atom is 0.412 e. The number of amides is 2. The number of aromatic nitrogens is 3. The van der Waals surface area contributed by atoms with Gasteiger partial charge in [0.2, 0.25) is 0 Å². The molecule has 0 radical (unpaired) electrons. The maximum atomic E-state index is 13.1. The number of fused-ring (bicyclic) bond motifs is 1. The standard InChI is InChI=1S/C22H18IN5O3/c1-27(17-5-3-4-16(23)10-17)21(29)15-7-9-20-25-12-18(28(20)13-15)14-6-8-19(24-11-14)26-22(30)31-2/h3-13H,1-2H3,(H,24,26,30). The van der Waals surface area contributed by atoms with Crippen LogP contribution in [0.3, 0.4) is 0 Å². The number of nitrogens with one attached hydrogen (secondary N) is 1. The van der Waals surface area contributed by atoms with Gasteiger partial charge in [-0.05, 0) is 65.1 Å². The molecule has 0 saturated heterocycles. The Bertz CT molecular complexity index is 1270. The second-order valence-corrected chi connectivity index (χ2v) is 7.93. The van der Waals surface area contributed by atoms with E-state index < -0.39 is 6.09 Å². The van der Waals surface area contributed by atoms with Crippen LogP contribution >= 0.6 is 22.6 Å². The topological polar surface area (TPSA) is 88.8 Å². The molecule has 0 aliphatic rings. The van der Waals surface area contributed by atoms with Gasteiger partial charge in [0.1, 0.15) is 11.5 Å². The lowest BCUT2D eigenvalue weighted by Gasteiger charge is -2.18. The van der Waals surface area contributed by atoms with Crippen LogP contribution in [0.25, 0.3) is 16.9 Å². The van der Waals surface area contributed by atoms with Crippen LogP contribution in [0.5, 0.6) is 0 Å². The van der Waals surface area contributed by atoms with Gasteiger partial charge in [-0.15, -0.1) is 0 Å². The Morgan fingerprint density at radius 2 is 1.94 bits per heavy atom. The van der Waals surface area contributed by atoms with Gasteiger partial charge >= 0.3 is 6.09 Å². The van der Waals surface area contributed by atoms with Crippen LogP contribution in [0.4, 0.5) is 16.3 Å². The molecule has 8 nitrogen and oxygen atoms in total. The number of imidazole rings is 1. The van der Waals surface area contributed by atoms with Crippen LogP contribution in [0.1, 0.15) is 10.4 Å². The lowest BCUT2D eigenvalue weighted by atomic mass is 10.2. The molecular formula is C22H18IN5O3. The zero-order valence-corrected chi connectivity index (χ0v) is 18.9. The van der Waals surface area contributed by atoms with Gasteiger partial charge in [0.25, 0.3) is 5.91 Å². The fraction of sp³-hybridized carbons (Fsp3) is 0.0909. The second kappa shape index (κ2) is 8.72. The summed E-state index contributed by atoms with van der Waals surface area (Å²) in [6, 6.07) is 14.8. The molecule has 0 aliphatic carbocycles. The average Bonchev–Trinajstić information content (AvgIpc) is 3.21. The molecule has 156 valence electrons. The van der Waals surface area contributed by atoms with E-state index in [9.17, 15) is 9.59 Å². The highest BCUT2D eigenvalue weighted by Crippen LogP contribution is 2.23. The van der Waals surface area contributed by atoms with E-state index in [1.54, 1.807) is 48.7 Å². The summed E-state index contributed by atoms with van der Waals surface area (Å²) in [5.74, 6) is 0.249. The molecule has 3 aromatic heterocycles. The first kappa shape index (κ1) is 20.8.